The van der Waals surface area contributed by atoms with Crippen LogP contribution < -0.4 is 15.1 Å². The third-order valence-corrected chi connectivity index (χ3v) is 6.02. The van der Waals surface area contributed by atoms with Gasteiger partial charge in [-0.05, 0) is 31.0 Å². The lowest BCUT2D eigenvalue weighted by atomic mass is 9.92. The van der Waals surface area contributed by atoms with Crippen molar-refractivity contribution in [1.82, 2.24) is 19.7 Å². The highest BCUT2D eigenvalue weighted by molar-refractivity contribution is 6.06. The molecule has 0 fully saturated rings. The smallest absolute Gasteiger partial charge is 0.252 e. The summed E-state index contributed by atoms with van der Waals surface area (Å²) in [6, 6.07) is 6.39. The summed E-state index contributed by atoms with van der Waals surface area (Å²) in [5.41, 5.74) is 2.00. The number of hydrogen-bond donors (Lipinski definition) is 1. The van der Waals surface area contributed by atoms with Crippen LogP contribution in [0.4, 0.5) is 21.8 Å². The van der Waals surface area contributed by atoms with Crippen molar-refractivity contribution in [3.8, 4) is 0 Å². The van der Waals surface area contributed by atoms with Crippen LogP contribution in [0.3, 0.4) is 0 Å². The van der Waals surface area contributed by atoms with Crippen LogP contribution in [0.25, 0.3) is 0 Å². The van der Waals surface area contributed by atoms with Gasteiger partial charge in [0, 0.05) is 32.4 Å². The summed E-state index contributed by atoms with van der Waals surface area (Å²) in [6.45, 7) is 5.00. The average molecular weight is 423 g/mol. The quantitative estimate of drug-likeness (QED) is 0.657. The van der Waals surface area contributed by atoms with Gasteiger partial charge in [-0.2, -0.15) is 10.1 Å². The second kappa shape index (κ2) is 7.98. The van der Waals surface area contributed by atoms with E-state index in [1.165, 1.54) is 12.1 Å². The Bertz CT molecular complexity index is 1100. The predicted octanol–water partition coefficient (Wildman–Crippen LogP) is 3.05. The summed E-state index contributed by atoms with van der Waals surface area (Å²) in [6.07, 6.45) is 6.06. The number of amides is 1. The van der Waals surface area contributed by atoms with Crippen molar-refractivity contribution in [3.63, 3.8) is 0 Å². The molecule has 4 rings (SSSR count). The minimum atomic E-state index is -0.644. The number of hydrogen-bond acceptors (Lipinski definition) is 6. The van der Waals surface area contributed by atoms with E-state index in [0.717, 1.165) is 16.9 Å². The van der Waals surface area contributed by atoms with E-state index in [0.29, 0.717) is 31.1 Å². The molecule has 1 aliphatic heterocycles. The fraction of sp³-hybridized carbons (Fsp3) is 0.364. The molecule has 9 heteroatoms. The Morgan fingerprint density at radius 2 is 1.87 bits per heavy atom. The average Bonchev–Trinajstić information content (AvgIpc) is 3.23. The number of likely N-dealkylation sites (N-methyl/N-ethyl adjacent to an activating group) is 2. The topological polar surface area (TPSA) is 79.2 Å². The van der Waals surface area contributed by atoms with Crippen molar-refractivity contribution in [2.24, 2.45) is 0 Å². The molecule has 3 heterocycles. The van der Waals surface area contributed by atoms with E-state index in [2.05, 4.69) is 20.4 Å². The third-order valence-electron chi connectivity index (χ3n) is 6.02. The number of fused-ring (bicyclic) bond motifs is 1. The molecule has 162 valence electrons. The molecule has 1 aromatic carbocycles. The van der Waals surface area contributed by atoms with Crippen LogP contribution in [-0.4, -0.2) is 45.3 Å². The molecule has 2 aromatic heterocycles. The van der Waals surface area contributed by atoms with Crippen LogP contribution in [0.1, 0.15) is 31.4 Å². The van der Waals surface area contributed by atoms with Gasteiger partial charge in [0.05, 0.1) is 18.9 Å². The van der Waals surface area contributed by atoms with Crippen LogP contribution in [0.5, 0.6) is 0 Å². The Morgan fingerprint density at radius 3 is 2.58 bits per heavy atom. The van der Waals surface area contributed by atoms with E-state index in [1.54, 1.807) is 41.2 Å². The van der Waals surface area contributed by atoms with Gasteiger partial charge in [0.25, 0.3) is 5.91 Å². The molecule has 3 aromatic rings. The first kappa shape index (κ1) is 20.8. The molecule has 0 saturated carbocycles. The minimum absolute atomic E-state index is 0.0304. The molecule has 1 atom stereocenters. The fourth-order valence-electron chi connectivity index (χ4n) is 3.71. The fourth-order valence-corrected chi connectivity index (χ4v) is 3.71. The molecular formula is C22H26FN7O. The number of carbonyl (C=O) groups is 1. The molecule has 0 spiro atoms. The summed E-state index contributed by atoms with van der Waals surface area (Å²) in [4.78, 5) is 25.4. The zero-order valence-electron chi connectivity index (χ0n) is 18.1. The summed E-state index contributed by atoms with van der Waals surface area (Å²) in [5, 5.41) is 7.60. The summed E-state index contributed by atoms with van der Waals surface area (Å²) in [5.74, 6) is 0.983. The molecular weight excluding hydrogens is 397 g/mol. The van der Waals surface area contributed by atoms with Gasteiger partial charge in [-0.25, -0.2) is 9.37 Å². The normalized spacial score (nSPS) is 18.3. The van der Waals surface area contributed by atoms with Gasteiger partial charge in [-0.1, -0.05) is 19.1 Å². The lowest BCUT2D eigenvalue weighted by Gasteiger charge is -2.45. The Morgan fingerprint density at radius 1 is 1.13 bits per heavy atom. The van der Waals surface area contributed by atoms with E-state index < -0.39 is 5.54 Å². The minimum Gasteiger partial charge on any atom is -0.350 e. The van der Waals surface area contributed by atoms with Crippen molar-refractivity contribution in [2.75, 3.05) is 29.2 Å². The molecule has 1 aliphatic rings. The van der Waals surface area contributed by atoms with E-state index in [4.69, 9.17) is 0 Å². The van der Waals surface area contributed by atoms with Gasteiger partial charge in [-0.3, -0.25) is 9.48 Å². The Labute approximate surface area is 180 Å². The highest BCUT2D eigenvalue weighted by Gasteiger charge is 2.44. The summed E-state index contributed by atoms with van der Waals surface area (Å²) < 4.78 is 14.9. The van der Waals surface area contributed by atoms with Crippen molar-refractivity contribution < 1.29 is 9.18 Å². The summed E-state index contributed by atoms with van der Waals surface area (Å²) in [7, 11) is 3.65. The van der Waals surface area contributed by atoms with E-state index in [-0.39, 0.29) is 11.7 Å². The van der Waals surface area contributed by atoms with Gasteiger partial charge in [0.1, 0.15) is 17.0 Å². The zero-order valence-corrected chi connectivity index (χ0v) is 18.1. The van der Waals surface area contributed by atoms with E-state index in [1.807, 2.05) is 32.0 Å². The molecule has 8 nitrogen and oxygen atoms in total. The number of nitrogens with one attached hydrogen (secondary N) is 1. The van der Waals surface area contributed by atoms with Crippen molar-refractivity contribution in [2.45, 2.75) is 38.9 Å². The standard InChI is InChI=1S/C22H26FN7O/c1-5-22(2)20(31)28(3)18-12-25-21(27-19(18)29(22)4)24-10-16-11-26-30(14-16)13-15-6-8-17(23)9-7-15/h6-9,11-12,14H,5,10,13H2,1-4H3,(H,24,25,27)/t22-/m1/s1. The maximum atomic E-state index is 13.1. The van der Waals surface area contributed by atoms with Crippen LogP contribution in [-0.2, 0) is 17.9 Å². The Kier molecular flexibility index (Phi) is 5.34. The largest absolute Gasteiger partial charge is 0.350 e. The molecule has 1 amide bonds. The number of halogens is 1. The van der Waals surface area contributed by atoms with Gasteiger partial charge in [0.15, 0.2) is 5.82 Å². The van der Waals surface area contributed by atoms with Crippen LogP contribution in [0.15, 0.2) is 42.9 Å². The van der Waals surface area contributed by atoms with Gasteiger partial charge >= 0.3 is 0 Å². The van der Waals surface area contributed by atoms with E-state index in [9.17, 15) is 9.18 Å². The molecule has 0 radical (unpaired) electrons. The number of rotatable bonds is 6. The molecule has 31 heavy (non-hydrogen) atoms. The number of aromatic nitrogens is 4. The number of carbonyl (C=O) groups excluding carboxylic acids is 1. The number of benzene rings is 1. The summed E-state index contributed by atoms with van der Waals surface area (Å²) >= 11 is 0. The molecule has 0 saturated heterocycles. The Hall–Kier alpha value is -3.49. The monoisotopic (exact) mass is 423 g/mol. The first-order chi connectivity index (χ1) is 14.8. The van der Waals surface area contributed by atoms with Crippen LogP contribution >= 0.6 is 0 Å². The molecule has 0 bridgehead atoms. The maximum Gasteiger partial charge on any atom is 0.252 e. The highest BCUT2D eigenvalue weighted by Crippen LogP contribution is 2.38. The van der Waals surface area contributed by atoms with Crippen LogP contribution in [0, 0.1) is 5.82 Å². The van der Waals surface area contributed by atoms with Crippen molar-refractivity contribution in [1.29, 1.82) is 0 Å². The SMILES string of the molecule is CC[C@]1(C)C(=O)N(C)c2cnc(NCc3cnn(Cc4ccc(F)cc4)c3)nc2N1C. The van der Waals surface area contributed by atoms with Crippen molar-refractivity contribution in [3.05, 3.63) is 59.8 Å². The van der Waals surface area contributed by atoms with Gasteiger partial charge < -0.3 is 15.1 Å². The highest BCUT2D eigenvalue weighted by atomic mass is 19.1. The molecule has 1 N–H and O–H groups in total. The zero-order chi connectivity index (χ0) is 22.2. The van der Waals surface area contributed by atoms with Crippen molar-refractivity contribution >= 4 is 23.4 Å². The van der Waals surface area contributed by atoms with E-state index >= 15 is 0 Å². The maximum absolute atomic E-state index is 13.1. The second-order valence-electron chi connectivity index (χ2n) is 7.98. The number of nitrogens with zero attached hydrogens (tertiary/aromatic N) is 6. The molecule has 0 aliphatic carbocycles. The number of anilines is 3. The second-order valence-corrected chi connectivity index (χ2v) is 7.98. The van der Waals surface area contributed by atoms with Crippen LogP contribution in [0.2, 0.25) is 0 Å². The van der Waals surface area contributed by atoms with Gasteiger partial charge in [0.2, 0.25) is 5.95 Å². The Balaban J connectivity index is 1.46. The van der Waals surface area contributed by atoms with Gasteiger partial charge in [-0.15, -0.1) is 0 Å². The first-order valence-electron chi connectivity index (χ1n) is 10.2. The lowest BCUT2D eigenvalue weighted by molar-refractivity contribution is -0.123. The molecule has 0 unspecified atom stereocenters. The predicted molar refractivity (Wildman–Crippen MR) is 118 cm³/mol. The first-order valence-corrected chi connectivity index (χ1v) is 10.2. The lowest BCUT2D eigenvalue weighted by Crippen LogP contribution is -2.59. The third kappa shape index (κ3) is 3.83.